The van der Waals surface area contributed by atoms with Crippen molar-refractivity contribution in [3.05, 3.63) is 94.0 Å². The van der Waals surface area contributed by atoms with Gasteiger partial charge in [-0.3, -0.25) is 13.9 Å². The molecular formula is C33H40BrN3O4S. The van der Waals surface area contributed by atoms with Gasteiger partial charge in [-0.05, 0) is 80.6 Å². The highest BCUT2D eigenvalue weighted by Crippen LogP contribution is 2.27. The van der Waals surface area contributed by atoms with Crippen molar-refractivity contribution >= 4 is 43.5 Å². The van der Waals surface area contributed by atoms with Crippen molar-refractivity contribution in [1.29, 1.82) is 0 Å². The Hall–Kier alpha value is -3.17. The van der Waals surface area contributed by atoms with Gasteiger partial charge < -0.3 is 10.2 Å². The molecule has 7 nitrogen and oxygen atoms in total. The fraction of sp³-hybridized carbons (Fsp3) is 0.394. The van der Waals surface area contributed by atoms with Crippen LogP contribution < -0.4 is 9.62 Å². The van der Waals surface area contributed by atoms with Gasteiger partial charge in [0, 0.05) is 17.1 Å². The lowest BCUT2D eigenvalue weighted by Gasteiger charge is -2.34. The Morgan fingerprint density at radius 2 is 1.57 bits per heavy atom. The molecule has 0 saturated heterocycles. The predicted octanol–water partition coefficient (Wildman–Crippen LogP) is 6.52. The fourth-order valence-electron chi connectivity index (χ4n) is 5.41. The number of rotatable bonds is 11. The van der Waals surface area contributed by atoms with E-state index in [1.807, 2.05) is 45.0 Å². The minimum atomic E-state index is -4.10. The number of carbonyl (C=O) groups excluding carboxylic acids is 2. The third kappa shape index (κ3) is 7.81. The molecule has 1 fully saturated rings. The van der Waals surface area contributed by atoms with Gasteiger partial charge in [0.05, 0.1) is 10.6 Å². The highest BCUT2D eigenvalue weighted by atomic mass is 79.9. The Bertz CT molecular complexity index is 1470. The van der Waals surface area contributed by atoms with E-state index < -0.39 is 28.5 Å². The summed E-state index contributed by atoms with van der Waals surface area (Å²) in [5, 5.41) is 3.19. The first kappa shape index (κ1) is 31.8. The number of halogens is 1. The van der Waals surface area contributed by atoms with Crippen LogP contribution in [-0.2, 0) is 26.2 Å². The molecule has 1 aliphatic rings. The standard InChI is InChI=1S/C33H40BrN3O4S/c1-4-31(33(39)35-28-12-6-5-7-13-28)36(22-26-11-9-8-10-25(26)3)32(38)23-37(29-18-16-27(34)17-19-29)42(40,41)30-20-14-24(2)15-21-30/h8-11,14-21,28,31H,4-7,12-13,22-23H2,1-3H3,(H,35,39)/t31-/m1/s1. The summed E-state index contributed by atoms with van der Waals surface area (Å²) in [7, 11) is -4.10. The average molecular weight is 655 g/mol. The molecular weight excluding hydrogens is 614 g/mol. The van der Waals surface area contributed by atoms with Crippen molar-refractivity contribution in [2.75, 3.05) is 10.8 Å². The quantitative estimate of drug-likeness (QED) is 0.255. The van der Waals surface area contributed by atoms with Crippen molar-refractivity contribution in [1.82, 2.24) is 10.2 Å². The van der Waals surface area contributed by atoms with Crippen LogP contribution >= 0.6 is 15.9 Å². The van der Waals surface area contributed by atoms with Crippen LogP contribution in [0.2, 0.25) is 0 Å². The Morgan fingerprint density at radius 3 is 2.19 bits per heavy atom. The maximum atomic E-state index is 14.3. The first-order valence-electron chi connectivity index (χ1n) is 14.6. The number of sulfonamides is 1. The van der Waals surface area contributed by atoms with Crippen LogP contribution in [0.1, 0.15) is 62.1 Å². The number of benzene rings is 3. The molecule has 42 heavy (non-hydrogen) atoms. The second kappa shape index (κ2) is 14.3. The minimum absolute atomic E-state index is 0.0938. The molecule has 0 spiro atoms. The topological polar surface area (TPSA) is 86.8 Å². The third-order valence-corrected chi connectivity index (χ3v) is 10.3. The van der Waals surface area contributed by atoms with Gasteiger partial charge in [0.1, 0.15) is 12.6 Å². The Balaban J connectivity index is 1.71. The molecule has 1 N–H and O–H groups in total. The van der Waals surface area contributed by atoms with E-state index in [1.54, 1.807) is 53.4 Å². The number of aryl methyl sites for hydroxylation is 2. The van der Waals surface area contributed by atoms with Crippen LogP contribution in [-0.4, -0.2) is 43.8 Å². The summed E-state index contributed by atoms with van der Waals surface area (Å²) < 4.78 is 29.9. The molecule has 0 bridgehead atoms. The second-order valence-corrected chi connectivity index (χ2v) is 13.8. The van der Waals surface area contributed by atoms with Gasteiger partial charge >= 0.3 is 0 Å². The molecule has 1 saturated carbocycles. The number of nitrogens with zero attached hydrogens (tertiary/aromatic N) is 2. The molecule has 0 aliphatic heterocycles. The normalized spacial score (nSPS) is 14.7. The maximum Gasteiger partial charge on any atom is 0.264 e. The fourth-order valence-corrected chi connectivity index (χ4v) is 7.09. The lowest BCUT2D eigenvalue weighted by molar-refractivity contribution is -0.140. The lowest BCUT2D eigenvalue weighted by Crippen LogP contribution is -2.54. The second-order valence-electron chi connectivity index (χ2n) is 11.0. The predicted molar refractivity (Wildman–Crippen MR) is 171 cm³/mol. The van der Waals surface area contributed by atoms with E-state index in [9.17, 15) is 18.0 Å². The van der Waals surface area contributed by atoms with Crippen molar-refractivity contribution in [2.45, 2.75) is 82.8 Å². The molecule has 0 unspecified atom stereocenters. The molecule has 9 heteroatoms. The molecule has 0 radical (unpaired) electrons. The zero-order valence-electron chi connectivity index (χ0n) is 24.6. The lowest BCUT2D eigenvalue weighted by atomic mass is 9.95. The summed E-state index contributed by atoms with van der Waals surface area (Å²) in [5.74, 6) is -0.634. The summed E-state index contributed by atoms with van der Waals surface area (Å²) in [6.45, 7) is 5.49. The first-order valence-corrected chi connectivity index (χ1v) is 16.8. The van der Waals surface area contributed by atoms with E-state index in [-0.39, 0.29) is 23.4 Å². The summed E-state index contributed by atoms with van der Waals surface area (Å²) >= 11 is 3.41. The van der Waals surface area contributed by atoms with Crippen LogP contribution in [0.15, 0.2) is 82.2 Å². The summed E-state index contributed by atoms with van der Waals surface area (Å²) in [6.07, 6.45) is 5.58. The number of carbonyl (C=O) groups is 2. The van der Waals surface area contributed by atoms with Gasteiger partial charge in [0.15, 0.2) is 0 Å². The van der Waals surface area contributed by atoms with Gasteiger partial charge in [-0.15, -0.1) is 0 Å². The van der Waals surface area contributed by atoms with E-state index >= 15 is 0 Å². The van der Waals surface area contributed by atoms with Crippen LogP contribution in [0.3, 0.4) is 0 Å². The van der Waals surface area contributed by atoms with Crippen LogP contribution in [0, 0.1) is 13.8 Å². The minimum Gasteiger partial charge on any atom is -0.352 e. The number of hydrogen-bond donors (Lipinski definition) is 1. The molecule has 4 rings (SSSR count). The molecule has 2 amide bonds. The molecule has 0 heterocycles. The van der Waals surface area contributed by atoms with Gasteiger partial charge in [-0.25, -0.2) is 8.42 Å². The third-order valence-electron chi connectivity index (χ3n) is 7.94. The average Bonchev–Trinajstić information content (AvgIpc) is 2.98. The van der Waals surface area contributed by atoms with Crippen molar-refractivity contribution in [3.8, 4) is 0 Å². The van der Waals surface area contributed by atoms with Crippen molar-refractivity contribution in [3.63, 3.8) is 0 Å². The molecule has 0 aromatic heterocycles. The first-order chi connectivity index (χ1) is 20.1. The number of nitrogens with one attached hydrogen (secondary N) is 1. The van der Waals surface area contributed by atoms with Crippen LogP contribution in [0.25, 0.3) is 0 Å². The molecule has 1 atom stereocenters. The zero-order valence-corrected chi connectivity index (χ0v) is 27.0. The highest BCUT2D eigenvalue weighted by Gasteiger charge is 2.34. The smallest absolute Gasteiger partial charge is 0.264 e. The van der Waals surface area contributed by atoms with Crippen LogP contribution in [0.4, 0.5) is 5.69 Å². The van der Waals surface area contributed by atoms with Gasteiger partial charge in [-0.1, -0.05) is 84.1 Å². The summed E-state index contributed by atoms with van der Waals surface area (Å²) in [5.41, 5.74) is 3.20. The summed E-state index contributed by atoms with van der Waals surface area (Å²) in [4.78, 5) is 29.6. The van der Waals surface area contributed by atoms with Gasteiger partial charge in [0.2, 0.25) is 11.8 Å². The molecule has 3 aromatic rings. The SMILES string of the molecule is CC[C@H](C(=O)NC1CCCCC1)N(Cc1ccccc1C)C(=O)CN(c1ccc(Br)cc1)S(=O)(=O)c1ccc(C)cc1. The number of anilines is 1. The largest absolute Gasteiger partial charge is 0.352 e. The van der Waals surface area contributed by atoms with E-state index in [2.05, 4.69) is 21.2 Å². The number of amides is 2. The van der Waals surface area contributed by atoms with Crippen LogP contribution in [0.5, 0.6) is 0 Å². The van der Waals surface area contributed by atoms with E-state index in [0.29, 0.717) is 12.1 Å². The molecule has 224 valence electrons. The van der Waals surface area contributed by atoms with Crippen molar-refractivity contribution in [2.24, 2.45) is 0 Å². The Morgan fingerprint density at radius 1 is 0.929 bits per heavy atom. The maximum absolute atomic E-state index is 14.3. The van der Waals surface area contributed by atoms with E-state index in [4.69, 9.17) is 0 Å². The summed E-state index contributed by atoms with van der Waals surface area (Å²) in [6, 6.07) is 20.5. The van der Waals surface area contributed by atoms with Crippen molar-refractivity contribution < 1.29 is 18.0 Å². The highest BCUT2D eigenvalue weighted by molar-refractivity contribution is 9.10. The van der Waals surface area contributed by atoms with Gasteiger partial charge in [0.25, 0.3) is 10.0 Å². The van der Waals surface area contributed by atoms with E-state index in [0.717, 1.165) is 51.2 Å². The van der Waals surface area contributed by atoms with Gasteiger partial charge in [-0.2, -0.15) is 0 Å². The molecule has 3 aromatic carbocycles. The zero-order chi connectivity index (χ0) is 30.3. The Kier molecular flexibility index (Phi) is 10.8. The van der Waals surface area contributed by atoms with E-state index in [1.165, 1.54) is 6.42 Å². The Labute approximate surface area is 258 Å². The molecule has 1 aliphatic carbocycles. The number of hydrogen-bond acceptors (Lipinski definition) is 4. The monoisotopic (exact) mass is 653 g/mol.